The first kappa shape index (κ1) is 13.6. The Morgan fingerprint density at radius 3 is 2.33 bits per heavy atom. The van der Waals surface area contributed by atoms with Crippen LogP contribution >= 0.6 is 0 Å². The molecule has 15 heavy (non-hydrogen) atoms. The van der Waals surface area contributed by atoms with Gasteiger partial charge in [0.15, 0.2) is 0 Å². The van der Waals surface area contributed by atoms with Crippen LogP contribution in [0.5, 0.6) is 0 Å². The first-order chi connectivity index (χ1) is 7.01. The van der Waals surface area contributed by atoms with E-state index in [1.807, 2.05) is 0 Å². The van der Waals surface area contributed by atoms with Crippen molar-refractivity contribution in [2.45, 2.75) is 26.0 Å². The van der Waals surface area contributed by atoms with Crippen LogP contribution < -0.4 is 10.6 Å². The standard InChI is InChI=1S/C10H18N2O3/c1-5-10(15-4)9(12-8(3)14)6-11-7(2)13/h5,9-10H,1,6H2,2-4H3,(H,11,13)(H,12,14)/t9-,10+/m0/s1. The van der Waals surface area contributed by atoms with E-state index in [1.54, 1.807) is 6.08 Å². The van der Waals surface area contributed by atoms with Crippen molar-refractivity contribution in [1.82, 2.24) is 10.6 Å². The molecule has 0 saturated carbocycles. The summed E-state index contributed by atoms with van der Waals surface area (Å²) in [6, 6.07) is -0.297. The van der Waals surface area contributed by atoms with Gasteiger partial charge in [-0.1, -0.05) is 6.08 Å². The van der Waals surface area contributed by atoms with E-state index in [1.165, 1.54) is 21.0 Å². The van der Waals surface area contributed by atoms with Crippen LogP contribution in [0.15, 0.2) is 12.7 Å². The van der Waals surface area contributed by atoms with Crippen molar-refractivity contribution in [2.24, 2.45) is 0 Å². The number of hydrogen-bond acceptors (Lipinski definition) is 3. The van der Waals surface area contributed by atoms with Gasteiger partial charge in [0, 0.05) is 27.5 Å². The first-order valence-electron chi connectivity index (χ1n) is 4.68. The largest absolute Gasteiger partial charge is 0.375 e. The van der Waals surface area contributed by atoms with Gasteiger partial charge in [0.2, 0.25) is 11.8 Å². The van der Waals surface area contributed by atoms with E-state index in [9.17, 15) is 9.59 Å². The van der Waals surface area contributed by atoms with Crippen LogP contribution in [0.4, 0.5) is 0 Å². The van der Waals surface area contributed by atoms with Gasteiger partial charge in [-0.15, -0.1) is 6.58 Å². The van der Waals surface area contributed by atoms with Gasteiger partial charge in [-0.25, -0.2) is 0 Å². The van der Waals surface area contributed by atoms with Crippen molar-refractivity contribution in [3.63, 3.8) is 0 Å². The lowest BCUT2D eigenvalue weighted by Crippen LogP contribution is -2.49. The van der Waals surface area contributed by atoms with E-state index in [2.05, 4.69) is 17.2 Å². The maximum atomic E-state index is 10.9. The third-order valence-corrected chi connectivity index (χ3v) is 1.86. The Morgan fingerprint density at radius 1 is 1.40 bits per heavy atom. The van der Waals surface area contributed by atoms with E-state index in [0.29, 0.717) is 6.54 Å². The van der Waals surface area contributed by atoms with Gasteiger partial charge in [-0.3, -0.25) is 9.59 Å². The second-order valence-corrected chi connectivity index (χ2v) is 3.18. The fourth-order valence-electron chi connectivity index (χ4n) is 1.19. The number of ether oxygens (including phenoxy) is 1. The number of amides is 2. The van der Waals surface area contributed by atoms with Crippen LogP contribution in [0, 0.1) is 0 Å². The molecule has 0 heterocycles. The number of carbonyl (C=O) groups excluding carboxylic acids is 2. The van der Waals surface area contributed by atoms with Gasteiger partial charge in [-0.05, 0) is 0 Å². The van der Waals surface area contributed by atoms with Crippen LogP contribution in [0.1, 0.15) is 13.8 Å². The van der Waals surface area contributed by atoms with Gasteiger partial charge in [0.05, 0.1) is 12.1 Å². The Balaban J connectivity index is 4.34. The highest BCUT2D eigenvalue weighted by atomic mass is 16.5. The Hall–Kier alpha value is -1.36. The predicted octanol–water partition coefficient (Wildman–Crippen LogP) is -0.172. The smallest absolute Gasteiger partial charge is 0.217 e. The Kier molecular flexibility index (Phi) is 6.37. The molecule has 0 spiro atoms. The van der Waals surface area contributed by atoms with Gasteiger partial charge < -0.3 is 15.4 Å². The fourth-order valence-corrected chi connectivity index (χ4v) is 1.19. The summed E-state index contributed by atoms with van der Waals surface area (Å²) in [6.45, 7) is 6.75. The molecule has 0 aliphatic rings. The summed E-state index contributed by atoms with van der Waals surface area (Å²) in [5, 5.41) is 5.31. The van der Waals surface area contributed by atoms with Gasteiger partial charge in [0.25, 0.3) is 0 Å². The van der Waals surface area contributed by atoms with Crippen molar-refractivity contribution in [3.8, 4) is 0 Å². The number of rotatable bonds is 6. The van der Waals surface area contributed by atoms with Crippen molar-refractivity contribution >= 4 is 11.8 Å². The molecule has 5 nitrogen and oxygen atoms in total. The molecule has 0 aromatic carbocycles. The molecule has 0 saturated heterocycles. The third-order valence-electron chi connectivity index (χ3n) is 1.86. The molecule has 0 aliphatic carbocycles. The minimum Gasteiger partial charge on any atom is -0.375 e. The number of hydrogen-bond donors (Lipinski definition) is 2. The lowest BCUT2D eigenvalue weighted by Gasteiger charge is -2.24. The Labute approximate surface area is 89.9 Å². The molecule has 0 aliphatic heterocycles. The molecule has 5 heteroatoms. The summed E-state index contributed by atoms with van der Waals surface area (Å²) >= 11 is 0. The first-order valence-corrected chi connectivity index (χ1v) is 4.68. The third kappa shape index (κ3) is 5.85. The van der Waals surface area contributed by atoms with Gasteiger partial charge in [0.1, 0.15) is 0 Å². The average Bonchev–Trinajstić information content (AvgIpc) is 2.14. The quantitative estimate of drug-likeness (QED) is 0.603. The van der Waals surface area contributed by atoms with Crippen molar-refractivity contribution in [1.29, 1.82) is 0 Å². The summed E-state index contributed by atoms with van der Waals surface area (Å²) in [7, 11) is 1.52. The summed E-state index contributed by atoms with van der Waals surface area (Å²) < 4.78 is 5.11. The highest BCUT2D eigenvalue weighted by Crippen LogP contribution is 1.99. The molecule has 0 aromatic rings. The zero-order valence-corrected chi connectivity index (χ0v) is 9.37. The zero-order valence-electron chi connectivity index (χ0n) is 9.37. The summed E-state index contributed by atoms with van der Waals surface area (Å²) in [6.07, 6.45) is 1.27. The van der Waals surface area contributed by atoms with Crippen LogP contribution in [0.25, 0.3) is 0 Å². The van der Waals surface area contributed by atoms with E-state index >= 15 is 0 Å². The molecule has 86 valence electrons. The number of carbonyl (C=O) groups is 2. The lowest BCUT2D eigenvalue weighted by molar-refractivity contribution is -0.122. The highest BCUT2D eigenvalue weighted by Gasteiger charge is 2.19. The lowest BCUT2D eigenvalue weighted by atomic mass is 10.1. The Bertz CT molecular complexity index is 241. The molecule has 0 bridgehead atoms. The molecule has 0 radical (unpaired) electrons. The van der Waals surface area contributed by atoms with Gasteiger partial charge in [-0.2, -0.15) is 0 Å². The Morgan fingerprint density at radius 2 is 2.00 bits per heavy atom. The average molecular weight is 214 g/mol. The maximum absolute atomic E-state index is 10.9. The molecule has 0 rings (SSSR count). The van der Waals surface area contributed by atoms with E-state index in [0.717, 1.165) is 0 Å². The monoisotopic (exact) mass is 214 g/mol. The molecule has 2 atom stereocenters. The molecule has 2 amide bonds. The molecule has 0 unspecified atom stereocenters. The molecule has 0 fully saturated rings. The van der Waals surface area contributed by atoms with Crippen LogP contribution in [0.3, 0.4) is 0 Å². The minimum absolute atomic E-state index is 0.149. The molecule has 2 N–H and O–H groups in total. The molecular weight excluding hydrogens is 196 g/mol. The molecule has 0 aromatic heterocycles. The van der Waals surface area contributed by atoms with Crippen LogP contribution in [-0.4, -0.2) is 37.6 Å². The highest BCUT2D eigenvalue weighted by molar-refractivity contribution is 5.74. The topological polar surface area (TPSA) is 67.4 Å². The summed E-state index contributed by atoms with van der Waals surface area (Å²) in [5.74, 6) is -0.321. The van der Waals surface area contributed by atoms with Crippen molar-refractivity contribution < 1.29 is 14.3 Å². The second-order valence-electron chi connectivity index (χ2n) is 3.18. The van der Waals surface area contributed by atoms with Crippen LogP contribution in [0.2, 0.25) is 0 Å². The van der Waals surface area contributed by atoms with E-state index in [4.69, 9.17) is 4.74 Å². The maximum Gasteiger partial charge on any atom is 0.217 e. The van der Waals surface area contributed by atoms with Crippen LogP contribution in [-0.2, 0) is 14.3 Å². The number of nitrogens with one attached hydrogen (secondary N) is 2. The van der Waals surface area contributed by atoms with Crippen molar-refractivity contribution in [3.05, 3.63) is 12.7 Å². The second kappa shape index (κ2) is 7.00. The number of methoxy groups -OCH3 is 1. The minimum atomic E-state index is -0.319. The SMILES string of the molecule is C=C[C@@H](OC)[C@H](CNC(C)=O)NC(C)=O. The predicted molar refractivity (Wildman–Crippen MR) is 57.3 cm³/mol. The van der Waals surface area contributed by atoms with E-state index in [-0.39, 0.29) is 24.0 Å². The molecular formula is C10H18N2O3. The van der Waals surface area contributed by atoms with Crippen molar-refractivity contribution in [2.75, 3.05) is 13.7 Å². The van der Waals surface area contributed by atoms with Gasteiger partial charge >= 0.3 is 0 Å². The summed E-state index contributed by atoms with van der Waals surface area (Å²) in [5.41, 5.74) is 0. The zero-order chi connectivity index (χ0) is 11.8. The summed E-state index contributed by atoms with van der Waals surface area (Å²) in [4.78, 5) is 21.7. The fraction of sp³-hybridized carbons (Fsp3) is 0.600. The van der Waals surface area contributed by atoms with E-state index < -0.39 is 0 Å². The normalized spacial score (nSPS) is 13.8.